The summed E-state index contributed by atoms with van der Waals surface area (Å²) in [6, 6.07) is 0. The molecular formula is C15H28N2O3. The Balaban J connectivity index is 1.79. The number of amides is 1. The fraction of sp³-hybridized carbons (Fsp3) is 0.933. The molecule has 3 atom stereocenters. The van der Waals surface area contributed by atoms with Crippen molar-refractivity contribution in [3.05, 3.63) is 0 Å². The fourth-order valence-corrected chi connectivity index (χ4v) is 3.20. The minimum atomic E-state index is -0.816. The monoisotopic (exact) mass is 284 g/mol. The molecule has 2 rings (SSSR count). The summed E-state index contributed by atoms with van der Waals surface area (Å²) in [7, 11) is 0. The topological polar surface area (TPSA) is 73.6 Å². The molecule has 1 aliphatic carbocycles. The molecule has 1 heterocycles. The van der Waals surface area contributed by atoms with E-state index in [1.807, 2.05) is 20.8 Å². The van der Waals surface area contributed by atoms with Crippen molar-refractivity contribution >= 4 is 5.91 Å². The van der Waals surface area contributed by atoms with Gasteiger partial charge in [0, 0.05) is 31.6 Å². The van der Waals surface area contributed by atoms with Crippen LogP contribution in [0.1, 0.15) is 46.5 Å². The summed E-state index contributed by atoms with van der Waals surface area (Å²) in [5, 5.41) is 2.97. The third-order valence-corrected chi connectivity index (χ3v) is 5.01. The van der Waals surface area contributed by atoms with Crippen LogP contribution < -0.4 is 11.1 Å². The Morgan fingerprint density at radius 1 is 1.50 bits per heavy atom. The maximum atomic E-state index is 12.4. The molecule has 20 heavy (non-hydrogen) atoms. The van der Waals surface area contributed by atoms with Crippen LogP contribution in [0.2, 0.25) is 0 Å². The zero-order valence-corrected chi connectivity index (χ0v) is 12.9. The first kappa shape index (κ1) is 15.7. The van der Waals surface area contributed by atoms with Crippen LogP contribution in [0, 0.1) is 5.41 Å². The predicted octanol–water partition coefficient (Wildman–Crippen LogP) is 1.20. The van der Waals surface area contributed by atoms with Gasteiger partial charge in [0.15, 0.2) is 0 Å². The average molecular weight is 284 g/mol. The second kappa shape index (κ2) is 6.00. The lowest BCUT2D eigenvalue weighted by molar-refractivity contribution is -0.170. The van der Waals surface area contributed by atoms with Gasteiger partial charge in [-0.25, -0.2) is 0 Å². The van der Waals surface area contributed by atoms with Crippen molar-refractivity contribution in [3.63, 3.8) is 0 Å². The molecule has 1 saturated carbocycles. The van der Waals surface area contributed by atoms with E-state index in [1.54, 1.807) is 0 Å². The summed E-state index contributed by atoms with van der Waals surface area (Å²) < 4.78 is 11.2. The summed E-state index contributed by atoms with van der Waals surface area (Å²) >= 11 is 0. The Hall–Kier alpha value is -0.650. The molecule has 5 heteroatoms. The molecule has 3 unspecified atom stereocenters. The zero-order valence-electron chi connectivity index (χ0n) is 12.9. The molecule has 116 valence electrons. The summed E-state index contributed by atoms with van der Waals surface area (Å²) in [5.74, 6) is -0.0588. The van der Waals surface area contributed by atoms with Crippen LogP contribution in [0.25, 0.3) is 0 Å². The van der Waals surface area contributed by atoms with Crippen LogP contribution in [0.4, 0.5) is 0 Å². The molecule has 2 aliphatic rings. The van der Waals surface area contributed by atoms with E-state index in [9.17, 15) is 4.79 Å². The molecule has 1 saturated heterocycles. The number of nitrogens with two attached hydrogens (primary N) is 1. The van der Waals surface area contributed by atoms with Gasteiger partial charge in [-0.1, -0.05) is 13.8 Å². The normalized spacial score (nSPS) is 35.6. The van der Waals surface area contributed by atoms with E-state index < -0.39 is 5.54 Å². The highest BCUT2D eigenvalue weighted by Gasteiger charge is 2.62. The molecule has 5 nitrogen and oxygen atoms in total. The van der Waals surface area contributed by atoms with E-state index in [0.717, 1.165) is 25.9 Å². The quantitative estimate of drug-likeness (QED) is 0.769. The molecule has 0 radical (unpaired) electrons. The third kappa shape index (κ3) is 2.71. The van der Waals surface area contributed by atoms with Gasteiger partial charge < -0.3 is 20.5 Å². The standard InChI is InChI=1S/C15H28N2O3/c1-4-19-12-10-15(16,14(12,2)3)13(18)17-8-7-11-6-5-9-20-11/h11-12H,4-10,16H2,1-3H3,(H,17,18). The van der Waals surface area contributed by atoms with Gasteiger partial charge >= 0.3 is 0 Å². The number of hydrogen-bond donors (Lipinski definition) is 2. The van der Waals surface area contributed by atoms with E-state index in [1.165, 1.54) is 0 Å². The SMILES string of the molecule is CCOC1CC(N)(C(=O)NCCC2CCCO2)C1(C)C. The van der Waals surface area contributed by atoms with Gasteiger partial charge in [-0.2, -0.15) is 0 Å². The van der Waals surface area contributed by atoms with Crippen molar-refractivity contribution in [1.82, 2.24) is 5.32 Å². The lowest BCUT2D eigenvalue weighted by atomic mass is 9.54. The largest absolute Gasteiger partial charge is 0.378 e. The molecular weight excluding hydrogens is 256 g/mol. The first-order valence-corrected chi connectivity index (χ1v) is 7.72. The summed E-state index contributed by atoms with van der Waals surface area (Å²) in [6.07, 6.45) is 4.07. The highest BCUT2D eigenvalue weighted by Crippen LogP contribution is 2.49. The Morgan fingerprint density at radius 3 is 2.80 bits per heavy atom. The maximum absolute atomic E-state index is 12.4. The summed E-state index contributed by atoms with van der Waals surface area (Å²) in [6.45, 7) is 8.13. The Labute approximate surface area is 121 Å². The van der Waals surface area contributed by atoms with Crippen LogP contribution in [-0.4, -0.2) is 43.4 Å². The lowest BCUT2D eigenvalue weighted by Crippen LogP contribution is -2.75. The number of carbonyl (C=O) groups is 1. The Kier molecular flexibility index (Phi) is 4.72. The van der Waals surface area contributed by atoms with Crippen LogP contribution in [0.5, 0.6) is 0 Å². The van der Waals surface area contributed by atoms with Crippen molar-refractivity contribution in [2.45, 2.75) is 64.2 Å². The van der Waals surface area contributed by atoms with Crippen molar-refractivity contribution in [2.24, 2.45) is 11.1 Å². The Bertz CT molecular complexity index is 353. The van der Waals surface area contributed by atoms with Crippen molar-refractivity contribution < 1.29 is 14.3 Å². The minimum absolute atomic E-state index is 0.0588. The molecule has 0 aromatic heterocycles. The maximum Gasteiger partial charge on any atom is 0.240 e. The number of hydrogen-bond acceptors (Lipinski definition) is 4. The number of nitrogens with one attached hydrogen (secondary N) is 1. The summed E-state index contributed by atoms with van der Waals surface area (Å²) in [4.78, 5) is 12.4. The van der Waals surface area contributed by atoms with Gasteiger partial charge in [0.25, 0.3) is 0 Å². The van der Waals surface area contributed by atoms with Crippen LogP contribution in [0.3, 0.4) is 0 Å². The number of rotatable bonds is 6. The molecule has 0 aromatic carbocycles. The van der Waals surface area contributed by atoms with Crippen molar-refractivity contribution in [2.75, 3.05) is 19.8 Å². The van der Waals surface area contributed by atoms with E-state index in [2.05, 4.69) is 5.32 Å². The minimum Gasteiger partial charge on any atom is -0.378 e. The second-order valence-corrected chi connectivity index (χ2v) is 6.52. The number of carbonyl (C=O) groups excluding carboxylic acids is 1. The van der Waals surface area contributed by atoms with Gasteiger partial charge in [0.05, 0.1) is 12.2 Å². The van der Waals surface area contributed by atoms with E-state index in [0.29, 0.717) is 25.7 Å². The highest BCUT2D eigenvalue weighted by molar-refractivity contribution is 5.88. The summed E-state index contributed by atoms with van der Waals surface area (Å²) in [5.41, 5.74) is 5.18. The first-order chi connectivity index (χ1) is 9.41. The van der Waals surface area contributed by atoms with Crippen molar-refractivity contribution in [3.8, 4) is 0 Å². The van der Waals surface area contributed by atoms with E-state index >= 15 is 0 Å². The third-order valence-electron chi connectivity index (χ3n) is 5.01. The molecule has 0 bridgehead atoms. The van der Waals surface area contributed by atoms with Gasteiger partial charge in [-0.3, -0.25) is 4.79 Å². The van der Waals surface area contributed by atoms with Crippen molar-refractivity contribution in [1.29, 1.82) is 0 Å². The molecule has 2 fully saturated rings. The fourth-order valence-electron chi connectivity index (χ4n) is 3.20. The van der Waals surface area contributed by atoms with Gasteiger partial charge in [-0.15, -0.1) is 0 Å². The molecule has 1 amide bonds. The molecule has 3 N–H and O–H groups in total. The van der Waals surface area contributed by atoms with Gasteiger partial charge in [0.1, 0.15) is 5.54 Å². The predicted molar refractivity (Wildman–Crippen MR) is 77.3 cm³/mol. The highest BCUT2D eigenvalue weighted by atomic mass is 16.5. The zero-order chi connectivity index (χ0) is 14.8. The van der Waals surface area contributed by atoms with Gasteiger partial charge in [-0.05, 0) is 26.2 Å². The van der Waals surface area contributed by atoms with Gasteiger partial charge in [0.2, 0.25) is 5.91 Å². The Morgan fingerprint density at radius 2 is 2.25 bits per heavy atom. The average Bonchev–Trinajstić information content (AvgIpc) is 2.91. The molecule has 1 aliphatic heterocycles. The lowest BCUT2D eigenvalue weighted by Gasteiger charge is -2.57. The second-order valence-electron chi connectivity index (χ2n) is 6.52. The van der Waals surface area contributed by atoms with Crippen LogP contribution in [-0.2, 0) is 14.3 Å². The van der Waals surface area contributed by atoms with Crippen LogP contribution >= 0.6 is 0 Å². The first-order valence-electron chi connectivity index (χ1n) is 7.72. The van der Waals surface area contributed by atoms with Crippen LogP contribution in [0.15, 0.2) is 0 Å². The molecule has 0 spiro atoms. The number of ether oxygens (including phenoxy) is 2. The molecule has 0 aromatic rings. The van der Waals surface area contributed by atoms with E-state index in [4.69, 9.17) is 15.2 Å². The van der Waals surface area contributed by atoms with E-state index in [-0.39, 0.29) is 17.4 Å². The smallest absolute Gasteiger partial charge is 0.240 e.